The van der Waals surface area contributed by atoms with Gasteiger partial charge < -0.3 is 4.90 Å². The predicted molar refractivity (Wildman–Crippen MR) is 125 cm³/mol. The number of benzene rings is 2. The lowest BCUT2D eigenvalue weighted by Gasteiger charge is -2.25. The van der Waals surface area contributed by atoms with E-state index in [9.17, 15) is 4.79 Å². The average Bonchev–Trinajstić information content (AvgIpc) is 3.09. The molecule has 0 bridgehead atoms. The van der Waals surface area contributed by atoms with Crippen LogP contribution in [0.4, 0.5) is 5.13 Å². The van der Waals surface area contributed by atoms with Crippen LogP contribution >= 0.6 is 46.1 Å². The zero-order chi connectivity index (χ0) is 21.1. The highest BCUT2D eigenvalue weighted by Gasteiger charge is 2.24. The molecule has 0 aliphatic carbocycles. The van der Waals surface area contributed by atoms with E-state index < -0.39 is 0 Å². The average molecular weight is 471 g/mol. The maximum absolute atomic E-state index is 13.4. The molecule has 4 nitrogen and oxygen atoms in total. The number of rotatable bonds is 7. The van der Waals surface area contributed by atoms with Crippen LogP contribution in [0.1, 0.15) is 29.8 Å². The first kappa shape index (κ1) is 22.3. The fraction of sp³-hybridized carbons (Fsp3) is 0.333. The van der Waals surface area contributed by atoms with Crippen molar-refractivity contribution >= 4 is 67.4 Å². The van der Waals surface area contributed by atoms with Gasteiger partial charge in [-0.05, 0) is 55.9 Å². The van der Waals surface area contributed by atoms with E-state index in [1.165, 1.54) is 11.3 Å². The van der Waals surface area contributed by atoms with Gasteiger partial charge in [-0.3, -0.25) is 9.69 Å². The van der Waals surface area contributed by atoms with E-state index in [0.29, 0.717) is 32.3 Å². The summed E-state index contributed by atoms with van der Waals surface area (Å²) in [5.74, 6) is -0.193. The van der Waals surface area contributed by atoms with Gasteiger partial charge in [-0.25, -0.2) is 4.98 Å². The fourth-order valence-electron chi connectivity index (χ4n) is 3.13. The quantitative estimate of drug-likeness (QED) is 0.392. The van der Waals surface area contributed by atoms with Crippen molar-refractivity contribution < 1.29 is 4.79 Å². The van der Waals surface area contributed by atoms with Crippen LogP contribution in [-0.2, 0) is 0 Å². The summed E-state index contributed by atoms with van der Waals surface area (Å²) in [5, 5.41) is 2.11. The molecule has 2 aromatic carbocycles. The molecule has 8 heteroatoms. The summed E-state index contributed by atoms with van der Waals surface area (Å²) < 4.78 is 0.952. The molecule has 0 saturated carbocycles. The number of anilines is 1. The molecule has 0 fully saturated rings. The molecule has 1 aromatic heterocycles. The Hall–Kier alpha value is -1.37. The van der Waals surface area contributed by atoms with E-state index >= 15 is 0 Å². The van der Waals surface area contributed by atoms with Crippen LogP contribution in [-0.4, -0.2) is 42.0 Å². The highest BCUT2D eigenvalue weighted by atomic mass is 35.5. The Labute approximate surface area is 190 Å². The molecule has 3 aromatic rings. The number of nitrogens with zero attached hydrogens (tertiary/aromatic N) is 3. The summed E-state index contributed by atoms with van der Waals surface area (Å²) in [6.07, 6.45) is 0. The summed E-state index contributed by atoms with van der Waals surface area (Å²) in [7, 11) is 0. The standard InChI is InChI=1S/C21H22Cl3N3OS/c1-4-26(5-2)8-9-27(20(28)16-7-6-14(22)11-17(16)24)21-25-19-13(3)10-15(23)12-18(19)29-21/h6-7,10-12H,4-5,8-9H2,1-3H3. The first-order valence-corrected chi connectivity index (χ1v) is 11.3. The summed E-state index contributed by atoms with van der Waals surface area (Å²) in [5.41, 5.74) is 2.25. The summed E-state index contributed by atoms with van der Waals surface area (Å²) in [6.45, 7) is 9.24. The lowest BCUT2D eigenvalue weighted by Crippen LogP contribution is -2.39. The summed E-state index contributed by atoms with van der Waals surface area (Å²) in [6, 6.07) is 8.68. The molecule has 0 aliphatic heterocycles. The topological polar surface area (TPSA) is 36.4 Å². The number of carbonyl (C=O) groups is 1. The van der Waals surface area contributed by atoms with Crippen molar-refractivity contribution in [3.63, 3.8) is 0 Å². The van der Waals surface area contributed by atoms with E-state index in [-0.39, 0.29) is 5.91 Å². The second-order valence-corrected chi connectivity index (χ2v) is 8.96. The van der Waals surface area contributed by atoms with Crippen molar-refractivity contribution in [1.82, 2.24) is 9.88 Å². The van der Waals surface area contributed by atoms with Crippen LogP contribution in [0.25, 0.3) is 10.2 Å². The molecule has 1 heterocycles. The number of halogens is 3. The van der Waals surface area contributed by atoms with E-state index in [2.05, 4.69) is 18.7 Å². The number of likely N-dealkylation sites (N-methyl/N-ethyl adjacent to an activating group) is 1. The molecular weight excluding hydrogens is 449 g/mol. The number of fused-ring (bicyclic) bond motifs is 1. The molecule has 0 aliphatic rings. The predicted octanol–water partition coefficient (Wildman–Crippen LogP) is 6.55. The van der Waals surface area contributed by atoms with Crippen molar-refractivity contribution in [2.24, 2.45) is 0 Å². The molecule has 0 unspecified atom stereocenters. The SMILES string of the molecule is CCN(CC)CCN(C(=O)c1ccc(Cl)cc1Cl)c1nc2c(C)cc(Cl)cc2s1. The van der Waals surface area contributed by atoms with Crippen LogP contribution in [0, 0.1) is 6.92 Å². The van der Waals surface area contributed by atoms with Crippen LogP contribution < -0.4 is 4.90 Å². The zero-order valence-corrected chi connectivity index (χ0v) is 19.6. The Bertz CT molecular complexity index is 1030. The Morgan fingerprint density at radius 1 is 1.03 bits per heavy atom. The number of thiazole rings is 1. The number of carbonyl (C=O) groups excluding carboxylic acids is 1. The molecule has 0 atom stereocenters. The normalized spacial score (nSPS) is 11.4. The summed E-state index contributed by atoms with van der Waals surface area (Å²) in [4.78, 5) is 22.1. The van der Waals surface area contributed by atoms with Gasteiger partial charge in [0, 0.05) is 23.1 Å². The van der Waals surface area contributed by atoms with Crippen molar-refractivity contribution in [2.75, 3.05) is 31.1 Å². The first-order valence-electron chi connectivity index (χ1n) is 9.40. The summed E-state index contributed by atoms with van der Waals surface area (Å²) >= 11 is 20.0. The van der Waals surface area contributed by atoms with Crippen molar-refractivity contribution in [3.8, 4) is 0 Å². The van der Waals surface area contributed by atoms with Gasteiger partial charge in [-0.15, -0.1) is 0 Å². The minimum absolute atomic E-state index is 0.193. The number of aryl methyl sites for hydroxylation is 1. The third-order valence-electron chi connectivity index (χ3n) is 4.81. The Kier molecular flexibility index (Phi) is 7.41. The monoisotopic (exact) mass is 469 g/mol. The number of amides is 1. The van der Waals surface area contributed by atoms with Gasteiger partial charge in [0.15, 0.2) is 5.13 Å². The maximum atomic E-state index is 13.4. The number of hydrogen-bond donors (Lipinski definition) is 0. The highest BCUT2D eigenvalue weighted by Crippen LogP contribution is 2.34. The lowest BCUT2D eigenvalue weighted by molar-refractivity contribution is 0.0984. The van der Waals surface area contributed by atoms with Gasteiger partial charge in [0.25, 0.3) is 5.91 Å². The Morgan fingerprint density at radius 3 is 2.41 bits per heavy atom. The number of hydrogen-bond acceptors (Lipinski definition) is 4. The van der Waals surface area contributed by atoms with Gasteiger partial charge in [0.2, 0.25) is 0 Å². The third kappa shape index (κ3) is 5.04. The molecule has 0 N–H and O–H groups in total. The van der Waals surface area contributed by atoms with E-state index in [0.717, 1.165) is 35.4 Å². The highest BCUT2D eigenvalue weighted by molar-refractivity contribution is 7.22. The lowest BCUT2D eigenvalue weighted by atomic mass is 10.2. The molecule has 3 rings (SSSR count). The fourth-order valence-corrected chi connectivity index (χ4v) is 5.07. The molecule has 0 radical (unpaired) electrons. The van der Waals surface area contributed by atoms with E-state index in [1.54, 1.807) is 23.1 Å². The third-order valence-corrected chi connectivity index (χ3v) is 6.60. The minimum Gasteiger partial charge on any atom is -0.302 e. The van der Waals surface area contributed by atoms with E-state index in [1.807, 2.05) is 19.1 Å². The Morgan fingerprint density at radius 2 is 1.76 bits per heavy atom. The molecule has 0 spiro atoms. The largest absolute Gasteiger partial charge is 0.302 e. The molecule has 154 valence electrons. The van der Waals surface area contributed by atoms with Crippen molar-refractivity contribution in [2.45, 2.75) is 20.8 Å². The zero-order valence-electron chi connectivity index (χ0n) is 16.5. The van der Waals surface area contributed by atoms with Gasteiger partial charge in [0.05, 0.1) is 20.8 Å². The molecular formula is C21H22Cl3N3OS. The van der Waals surface area contributed by atoms with Gasteiger partial charge >= 0.3 is 0 Å². The second kappa shape index (κ2) is 9.63. The van der Waals surface area contributed by atoms with Crippen LogP contribution in [0.3, 0.4) is 0 Å². The van der Waals surface area contributed by atoms with Crippen molar-refractivity contribution in [3.05, 3.63) is 56.5 Å². The smallest absolute Gasteiger partial charge is 0.261 e. The van der Waals surface area contributed by atoms with Crippen LogP contribution in [0.2, 0.25) is 15.1 Å². The Balaban J connectivity index is 2.02. The molecule has 0 saturated heterocycles. The van der Waals surface area contributed by atoms with Crippen LogP contribution in [0.5, 0.6) is 0 Å². The van der Waals surface area contributed by atoms with E-state index in [4.69, 9.17) is 39.8 Å². The van der Waals surface area contributed by atoms with Gasteiger partial charge in [0.1, 0.15) is 0 Å². The minimum atomic E-state index is -0.193. The van der Waals surface area contributed by atoms with Crippen molar-refractivity contribution in [1.29, 1.82) is 0 Å². The van der Waals surface area contributed by atoms with Gasteiger partial charge in [-0.2, -0.15) is 0 Å². The maximum Gasteiger partial charge on any atom is 0.261 e. The second-order valence-electron chi connectivity index (χ2n) is 6.67. The molecule has 29 heavy (non-hydrogen) atoms. The first-order chi connectivity index (χ1) is 13.8. The number of aromatic nitrogens is 1. The molecule has 1 amide bonds. The van der Waals surface area contributed by atoms with Crippen LogP contribution in [0.15, 0.2) is 30.3 Å². The van der Waals surface area contributed by atoms with Gasteiger partial charge in [-0.1, -0.05) is 60.0 Å².